The summed E-state index contributed by atoms with van der Waals surface area (Å²) in [4.78, 5) is 12.3. The highest BCUT2D eigenvalue weighted by Crippen LogP contribution is 2.51. The molecule has 0 unspecified atom stereocenters. The average molecular weight is 273 g/mol. The Morgan fingerprint density at radius 1 is 1.24 bits per heavy atom. The van der Waals surface area contributed by atoms with Crippen molar-refractivity contribution in [1.29, 1.82) is 0 Å². The van der Waals surface area contributed by atoms with Crippen molar-refractivity contribution in [3.05, 3.63) is 32.3 Å². The highest BCUT2D eigenvalue weighted by molar-refractivity contribution is 6.42. The van der Waals surface area contributed by atoms with Crippen molar-refractivity contribution in [2.24, 2.45) is 0 Å². The number of halogens is 2. The average Bonchev–Trinajstić information content (AvgIpc) is 2.86. The number of fused-ring (bicyclic) bond motifs is 1. The lowest BCUT2D eigenvalue weighted by molar-refractivity contribution is -0.540. The molecule has 0 saturated heterocycles. The van der Waals surface area contributed by atoms with Crippen LogP contribution in [0.4, 0.5) is 11.4 Å². The molecule has 6 heteroatoms. The molecule has 1 saturated carbocycles. The van der Waals surface area contributed by atoms with E-state index in [4.69, 9.17) is 23.2 Å². The molecule has 0 N–H and O–H groups in total. The SMILES string of the molecule is O=[N+]1c2cc(Cl)c(Cl)cc2N([O-])C12CCCC2. The van der Waals surface area contributed by atoms with Gasteiger partial charge in [0.1, 0.15) is 5.69 Å². The summed E-state index contributed by atoms with van der Waals surface area (Å²) in [5.41, 5.74) is -0.302. The van der Waals surface area contributed by atoms with Gasteiger partial charge in [-0.1, -0.05) is 23.2 Å². The predicted octanol–water partition coefficient (Wildman–Crippen LogP) is 3.99. The van der Waals surface area contributed by atoms with Gasteiger partial charge in [0.25, 0.3) is 11.4 Å². The third kappa shape index (κ3) is 1.35. The second kappa shape index (κ2) is 3.57. The molecular formula is C11H10Cl2N2O2. The van der Waals surface area contributed by atoms with Crippen molar-refractivity contribution in [3.8, 4) is 0 Å². The smallest absolute Gasteiger partial charge is 0.283 e. The van der Waals surface area contributed by atoms with Gasteiger partial charge >= 0.3 is 0 Å². The molecule has 4 nitrogen and oxygen atoms in total. The zero-order valence-corrected chi connectivity index (χ0v) is 10.5. The van der Waals surface area contributed by atoms with E-state index in [9.17, 15) is 10.1 Å². The molecule has 0 bridgehead atoms. The first-order valence-electron chi connectivity index (χ1n) is 5.50. The lowest BCUT2D eigenvalue weighted by Crippen LogP contribution is -2.45. The van der Waals surface area contributed by atoms with Gasteiger partial charge in [0, 0.05) is 23.8 Å². The number of hydrogen-bond donors (Lipinski definition) is 0. The van der Waals surface area contributed by atoms with Crippen LogP contribution in [0.25, 0.3) is 0 Å². The molecule has 3 rings (SSSR count). The second-order valence-corrected chi connectivity index (χ2v) is 5.35. The summed E-state index contributed by atoms with van der Waals surface area (Å²) in [6, 6.07) is 2.95. The number of anilines is 1. The minimum Gasteiger partial charge on any atom is -0.753 e. The molecule has 2 aliphatic rings. The summed E-state index contributed by atoms with van der Waals surface area (Å²) in [5.74, 6) is 0. The van der Waals surface area contributed by atoms with Gasteiger partial charge < -0.3 is 10.3 Å². The van der Waals surface area contributed by atoms with Crippen molar-refractivity contribution >= 4 is 34.6 Å². The van der Waals surface area contributed by atoms with Crippen LogP contribution in [0.3, 0.4) is 0 Å². The maximum atomic E-state index is 12.3. The molecule has 90 valence electrons. The van der Waals surface area contributed by atoms with Gasteiger partial charge in [-0.05, 0) is 18.9 Å². The first-order chi connectivity index (χ1) is 8.06. The maximum absolute atomic E-state index is 12.3. The minimum atomic E-state index is -0.962. The summed E-state index contributed by atoms with van der Waals surface area (Å²) < 4.78 is 0.810. The Morgan fingerprint density at radius 3 is 2.47 bits per heavy atom. The summed E-state index contributed by atoms with van der Waals surface area (Å²) in [7, 11) is 0. The van der Waals surface area contributed by atoms with Crippen LogP contribution in [0.15, 0.2) is 12.1 Å². The van der Waals surface area contributed by atoms with Crippen molar-refractivity contribution in [2.75, 3.05) is 5.06 Å². The van der Waals surface area contributed by atoms with E-state index in [0.717, 1.165) is 22.7 Å². The zero-order valence-electron chi connectivity index (χ0n) is 8.95. The van der Waals surface area contributed by atoms with E-state index in [1.165, 1.54) is 12.1 Å². The Kier molecular flexibility index (Phi) is 2.37. The largest absolute Gasteiger partial charge is 0.753 e. The van der Waals surface area contributed by atoms with Crippen LogP contribution in [0.5, 0.6) is 0 Å². The van der Waals surface area contributed by atoms with Crippen molar-refractivity contribution in [2.45, 2.75) is 31.3 Å². The van der Waals surface area contributed by atoms with Crippen molar-refractivity contribution in [3.63, 3.8) is 0 Å². The third-order valence-corrected chi connectivity index (χ3v) is 4.34. The molecule has 1 aromatic rings. The summed E-state index contributed by atoms with van der Waals surface area (Å²) in [6.45, 7) is 0. The van der Waals surface area contributed by atoms with Gasteiger partial charge in [-0.15, -0.1) is 0 Å². The number of nitroso groups, excluding NO2 is 1. The van der Waals surface area contributed by atoms with Crippen LogP contribution in [0.1, 0.15) is 25.7 Å². The van der Waals surface area contributed by atoms with Gasteiger partial charge in [0.2, 0.25) is 0 Å². The van der Waals surface area contributed by atoms with E-state index in [1.807, 2.05) is 0 Å². The van der Waals surface area contributed by atoms with Crippen LogP contribution < -0.4 is 5.06 Å². The quantitative estimate of drug-likeness (QED) is 0.671. The van der Waals surface area contributed by atoms with Gasteiger partial charge in [-0.25, -0.2) is 0 Å². The van der Waals surface area contributed by atoms with Crippen LogP contribution >= 0.6 is 23.2 Å². The molecule has 0 atom stereocenters. The summed E-state index contributed by atoms with van der Waals surface area (Å²) in [5, 5.41) is 13.7. The molecular weight excluding hydrogens is 263 g/mol. The monoisotopic (exact) mass is 272 g/mol. The molecule has 17 heavy (non-hydrogen) atoms. The van der Waals surface area contributed by atoms with E-state index < -0.39 is 5.66 Å². The highest BCUT2D eigenvalue weighted by atomic mass is 35.5. The van der Waals surface area contributed by atoms with Crippen LogP contribution in [0, 0.1) is 10.1 Å². The minimum absolute atomic E-state index is 0.301. The van der Waals surface area contributed by atoms with Gasteiger partial charge in [-0.3, -0.25) is 0 Å². The number of nitrogens with zero attached hydrogens (tertiary/aromatic N) is 2. The normalized spacial score (nSPS) is 21.4. The third-order valence-electron chi connectivity index (χ3n) is 3.62. The molecule has 0 radical (unpaired) electrons. The molecule has 1 heterocycles. The summed E-state index contributed by atoms with van der Waals surface area (Å²) >= 11 is 11.8. The molecule has 1 aliphatic carbocycles. The summed E-state index contributed by atoms with van der Waals surface area (Å²) in [6.07, 6.45) is 2.97. The fourth-order valence-corrected chi connectivity index (χ4v) is 3.05. The van der Waals surface area contributed by atoms with Crippen LogP contribution in [-0.2, 0) is 0 Å². The van der Waals surface area contributed by atoms with Gasteiger partial charge in [0.15, 0.2) is 0 Å². The van der Waals surface area contributed by atoms with Crippen molar-refractivity contribution in [1.82, 2.24) is 0 Å². The lowest BCUT2D eigenvalue weighted by atomic mass is 10.1. The standard InChI is InChI=1S/C11H10Cl2N2O2/c12-7-5-9-10(6-8(7)13)15(17)11(14(9)16)3-1-2-4-11/h5-6H,1-4H2. The molecule has 0 amide bonds. The highest BCUT2D eigenvalue weighted by Gasteiger charge is 2.57. The number of rotatable bonds is 0. The Balaban J connectivity index is 2.18. The fourth-order valence-electron chi connectivity index (χ4n) is 2.73. The number of hydroxylamine groups is 1. The molecule has 1 aliphatic heterocycles. The Hall–Kier alpha value is -0.840. The molecule has 0 aromatic heterocycles. The Bertz CT molecular complexity index is 512. The molecule has 1 spiro atoms. The Morgan fingerprint density at radius 2 is 1.82 bits per heavy atom. The van der Waals surface area contributed by atoms with E-state index in [-0.39, 0.29) is 0 Å². The van der Waals surface area contributed by atoms with E-state index >= 15 is 0 Å². The number of benzene rings is 1. The van der Waals surface area contributed by atoms with E-state index in [0.29, 0.717) is 34.3 Å². The van der Waals surface area contributed by atoms with E-state index in [1.54, 1.807) is 0 Å². The maximum Gasteiger partial charge on any atom is 0.283 e. The first kappa shape index (κ1) is 11.3. The first-order valence-corrected chi connectivity index (χ1v) is 6.26. The zero-order chi connectivity index (χ0) is 12.2. The predicted molar refractivity (Wildman–Crippen MR) is 66.8 cm³/mol. The van der Waals surface area contributed by atoms with Gasteiger partial charge in [-0.2, -0.15) is 0 Å². The number of hydrogen-bond acceptors (Lipinski definition) is 3. The van der Waals surface area contributed by atoms with Crippen LogP contribution in [-0.4, -0.2) is 10.4 Å². The second-order valence-electron chi connectivity index (χ2n) is 4.53. The topological polar surface area (TPSA) is 46.4 Å². The van der Waals surface area contributed by atoms with Crippen molar-refractivity contribution < 1.29 is 4.76 Å². The lowest BCUT2D eigenvalue weighted by Gasteiger charge is -2.33. The Labute approximate surface area is 108 Å². The molecule has 1 fully saturated rings. The van der Waals surface area contributed by atoms with Gasteiger partial charge in [0.05, 0.1) is 14.8 Å². The fraction of sp³-hybridized carbons (Fsp3) is 0.455. The van der Waals surface area contributed by atoms with E-state index in [2.05, 4.69) is 0 Å². The molecule has 1 aromatic carbocycles. The van der Waals surface area contributed by atoms with Crippen LogP contribution in [0.2, 0.25) is 10.0 Å².